The van der Waals surface area contributed by atoms with E-state index in [4.69, 9.17) is 5.11 Å². The fourth-order valence-corrected chi connectivity index (χ4v) is 3.31. The molecule has 0 saturated heterocycles. The molecule has 0 aliphatic heterocycles. The third-order valence-electron chi connectivity index (χ3n) is 4.13. The zero-order valence-corrected chi connectivity index (χ0v) is 12.7. The Morgan fingerprint density at radius 1 is 1.26 bits per heavy atom. The SMILES string of the molecule is CNC(c1ccc(Br)cc1)C1CCC(C(=O)O)CC1. The molecule has 0 spiro atoms. The van der Waals surface area contributed by atoms with Crippen molar-refractivity contribution in [1.82, 2.24) is 5.32 Å². The van der Waals surface area contributed by atoms with E-state index in [1.165, 1.54) is 5.56 Å². The second kappa shape index (κ2) is 6.53. The summed E-state index contributed by atoms with van der Waals surface area (Å²) < 4.78 is 1.08. The maximum absolute atomic E-state index is 11.0. The van der Waals surface area contributed by atoms with Crippen LogP contribution in [0.3, 0.4) is 0 Å². The van der Waals surface area contributed by atoms with Crippen molar-refractivity contribution in [2.75, 3.05) is 7.05 Å². The molecule has 1 aliphatic rings. The van der Waals surface area contributed by atoms with Gasteiger partial charge in [-0.25, -0.2) is 0 Å². The van der Waals surface area contributed by atoms with E-state index in [1.54, 1.807) is 0 Å². The van der Waals surface area contributed by atoms with E-state index in [2.05, 4.69) is 45.5 Å². The molecule has 1 saturated carbocycles. The number of halogens is 1. The normalized spacial score (nSPS) is 24.9. The molecule has 19 heavy (non-hydrogen) atoms. The third-order valence-corrected chi connectivity index (χ3v) is 4.66. The number of carboxylic acid groups (broad SMARTS) is 1. The average Bonchev–Trinajstić information content (AvgIpc) is 2.42. The first-order valence-corrected chi connectivity index (χ1v) is 7.56. The molecule has 3 nitrogen and oxygen atoms in total. The van der Waals surface area contributed by atoms with E-state index in [9.17, 15) is 4.79 Å². The van der Waals surface area contributed by atoms with Crippen LogP contribution in [-0.4, -0.2) is 18.1 Å². The van der Waals surface area contributed by atoms with Crippen LogP contribution in [0.4, 0.5) is 0 Å². The average molecular weight is 326 g/mol. The van der Waals surface area contributed by atoms with Crippen LogP contribution in [0.25, 0.3) is 0 Å². The molecule has 1 unspecified atom stereocenters. The van der Waals surface area contributed by atoms with Crippen LogP contribution in [-0.2, 0) is 4.79 Å². The van der Waals surface area contributed by atoms with Crippen molar-refractivity contribution in [3.63, 3.8) is 0 Å². The maximum Gasteiger partial charge on any atom is 0.306 e. The van der Waals surface area contributed by atoms with Crippen LogP contribution in [0.15, 0.2) is 28.7 Å². The molecule has 0 aromatic heterocycles. The van der Waals surface area contributed by atoms with Gasteiger partial charge in [-0.2, -0.15) is 0 Å². The molecule has 1 aliphatic carbocycles. The summed E-state index contributed by atoms with van der Waals surface area (Å²) in [5.74, 6) is -0.247. The summed E-state index contributed by atoms with van der Waals surface area (Å²) in [6.45, 7) is 0. The van der Waals surface area contributed by atoms with E-state index in [1.807, 2.05) is 7.05 Å². The Balaban J connectivity index is 2.03. The van der Waals surface area contributed by atoms with Gasteiger partial charge in [0.2, 0.25) is 0 Å². The van der Waals surface area contributed by atoms with Crippen molar-refractivity contribution < 1.29 is 9.90 Å². The zero-order chi connectivity index (χ0) is 13.8. The molecule has 104 valence electrons. The molecular formula is C15H20BrNO2. The smallest absolute Gasteiger partial charge is 0.306 e. The van der Waals surface area contributed by atoms with Gasteiger partial charge in [0.15, 0.2) is 0 Å². The Kier molecular flexibility index (Phi) is 4.99. The molecule has 1 aromatic carbocycles. The topological polar surface area (TPSA) is 49.3 Å². The van der Waals surface area contributed by atoms with Crippen LogP contribution in [0.1, 0.15) is 37.3 Å². The minimum atomic E-state index is -0.636. The van der Waals surface area contributed by atoms with Crippen molar-refractivity contribution in [2.24, 2.45) is 11.8 Å². The lowest BCUT2D eigenvalue weighted by molar-refractivity contribution is -0.143. The Hall–Kier alpha value is -0.870. The summed E-state index contributed by atoms with van der Waals surface area (Å²) in [7, 11) is 1.98. The van der Waals surface area contributed by atoms with Crippen molar-refractivity contribution >= 4 is 21.9 Å². The van der Waals surface area contributed by atoms with Crippen LogP contribution in [0, 0.1) is 11.8 Å². The summed E-state index contributed by atoms with van der Waals surface area (Å²) in [5.41, 5.74) is 1.28. The van der Waals surface area contributed by atoms with E-state index >= 15 is 0 Å². The number of benzene rings is 1. The number of carboxylic acids is 1. The quantitative estimate of drug-likeness (QED) is 0.889. The summed E-state index contributed by atoms with van der Waals surface area (Å²) in [6, 6.07) is 8.71. The predicted molar refractivity (Wildman–Crippen MR) is 79.0 cm³/mol. The Labute approximate surface area is 122 Å². The fourth-order valence-electron chi connectivity index (χ4n) is 3.04. The monoisotopic (exact) mass is 325 g/mol. The summed E-state index contributed by atoms with van der Waals surface area (Å²) in [4.78, 5) is 11.0. The molecular weight excluding hydrogens is 306 g/mol. The van der Waals surface area contributed by atoms with Gasteiger partial charge in [0, 0.05) is 10.5 Å². The van der Waals surface area contributed by atoms with Crippen molar-refractivity contribution in [1.29, 1.82) is 0 Å². The van der Waals surface area contributed by atoms with Gasteiger partial charge < -0.3 is 10.4 Å². The number of nitrogens with one attached hydrogen (secondary N) is 1. The highest BCUT2D eigenvalue weighted by molar-refractivity contribution is 9.10. The van der Waals surface area contributed by atoms with Crippen LogP contribution in [0.2, 0.25) is 0 Å². The first-order valence-electron chi connectivity index (χ1n) is 6.77. The van der Waals surface area contributed by atoms with E-state index in [0.717, 1.165) is 30.2 Å². The highest BCUT2D eigenvalue weighted by Gasteiger charge is 2.30. The van der Waals surface area contributed by atoms with Crippen LogP contribution in [0.5, 0.6) is 0 Å². The first kappa shape index (κ1) is 14.5. The van der Waals surface area contributed by atoms with Crippen molar-refractivity contribution in [3.05, 3.63) is 34.3 Å². The zero-order valence-electron chi connectivity index (χ0n) is 11.1. The molecule has 2 rings (SSSR count). The number of rotatable bonds is 4. The number of carbonyl (C=O) groups is 1. The molecule has 2 N–H and O–H groups in total. The third kappa shape index (κ3) is 3.57. The number of hydrogen-bond acceptors (Lipinski definition) is 2. The largest absolute Gasteiger partial charge is 0.481 e. The Morgan fingerprint density at radius 3 is 2.32 bits per heavy atom. The van der Waals surface area contributed by atoms with Crippen molar-refractivity contribution in [3.8, 4) is 0 Å². The van der Waals surface area contributed by atoms with E-state index < -0.39 is 5.97 Å². The molecule has 1 fully saturated rings. The predicted octanol–water partition coefficient (Wildman–Crippen LogP) is 3.60. The van der Waals surface area contributed by atoms with Gasteiger partial charge in [0.25, 0.3) is 0 Å². The van der Waals surface area contributed by atoms with Gasteiger partial charge in [-0.05, 0) is 56.3 Å². The Bertz CT molecular complexity index is 424. The standard InChI is InChI=1S/C15H20BrNO2/c1-17-14(11-6-8-13(16)9-7-11)10-2-4-12(5-3-10)15(18)19/h6-10,12,14,17H,2-5H2,1H3,(H,18,19). The second-order valence-electron chi connectivity index (χ2n) is 5.27. The van der Waals surface area contributed by atoms with Crippen LogP contribution < -0.4 is 5.32 Å². The number of aliphatic carboxylic acids is 1. The van der Waals surface area contributed by atoms with E-state index in [0.29, 0.717) is 12.0 Å². The molecule has 0 bridgehead atoms. The molecule has 1 atom stereocenters. The second-order valence-corrected chi connectivity index (χ2v) is 6.18. The summed E-state index contributed by atoms with van der Waals surface area (Å²) in [6.07, 6.45) is 3.57. The van der Waals surface area contributed by atoms with Gasteiger partial charge in [-0.1, -0.05) is 28.1 Å². The van der Waals surface area contributed by atoms with Crippen molar-refractivity contribution in [2.45, 2.75) is 31.7 Å². The van der Waals surface area contributed by atoms with Gasteiger partial charge in [-0.15, -0.1) is 0 Å². The molecule has 0 radical (unpaired) electrons. The van der Waals surface area contributed by atoms with Gasteiger partial charge in [0.05, 0.1) is 5.92 Å². The fraction of sp³-hybridized carbons (Fsp3) is 0.533. The van der Waals surface area contributed by atoms with Gasteiger partial charge in [-0.3, -0.25) is 4.79 Å². The minimum absolute atomic E-state index is 0.140. The highest BCUT2D eigenvalue weighted by Crippen LogP contribution is 2.37. The lowest BCUT2D eigenvalue weighted by Gasteiger charge is -2.32. The maximum atomic E-state index is 11.0. The summed E-state index contributed by atoms with van der Waals surface area (Å²) >= 11 is 3.45. The lowest BCUT2D eigenvalue weighted by Crippen LogP contribution is -2.30. The molecule has 0 amide bonds. The van der Waals surface area contributed by atoms with E-state index in [-0.39, 0.29) is 5.92 Å². The first-order chi connectivity index (χ1) is 9.11. The van der Waals surface area contributed by atoms with Gasteiger partial charge >= 0.3 is 5.97 Å². The highest BCUT2D eigenvalue weighted by atomic mass is 79.9. The molecule has 1 aromatic rings. The summed E-state index contributed by atoms with van der Waals surface area (Å²) in [5, 5.41) is 12.4. The number of hydrogen-bond donors (Lipinski definition) is 2. The van der Waals surface area contributed by atoms with Gasteiger partial charge in [0.1, 0.15) is 0 Å². The Morgan fingerprint density at radius 2 is 1.84 bits per heavy atom. The minimum Gasteiger partial charge on any atom is -0.481 e. The lowest BCUT2D eigenvalue weighted by atomic mass is 9.77. The molecule has 4 heteroatoms. The molecule has 0 heterocycles. The van der Waals surface area contributed by atoms with Crippen LogP contribution >= 0.6 is 15.9 Å².